The van der Waals surface area contributed by atoms with Gasteiger partial charge in [-0.15, -0.1) is 0 Å². The topological polar surface area (TPSA) is 35.5 Å². The van der Waals surface area contributed by atoms with Crippen molar-refractivity contribution >= 4 is 0 Å². The first-order chi connectivity index (χ1) is 7.10. The Morgan fingerprint density at radius 3 is 2.67 bits per heavy atom. The van der Waals surface area contributed by atoms with Gasteiger partial charge in [0.15, 0.2) is 0 Å². The van der Waals surface area contributed by atoms with Crippen molar-refractivity contribution in [2.45, 2.75) is 51.6 Å². The Balaban J connectivity index is 2.42. The number of likely N-dealkylation sites (tertiary alicyclic amines) is 1. The summed E-state index contributed by atoms with van der Waals surface area (Å²) < 4.78 is 0. The fraction of sp³-hybridized carbons (Fsp3) is 1.00. The monoisotopic (exact) mass is 214 g/mol. The molecule has 1 aliphatic rings. The molecule has 1 saturated heterocycles. The molecule has 1 unspecified atom stereocenters. The van der Waals surface area contributed by atoms with Gasteiger partial charge in [-0.1, -0.05) is 6.92 Å². The maximum Gasteiger partial charge on any atom is 0.0446 e. The van der Waals surface area contributed by atoms with Crippen LogP contribution in [-0.4, -0.2) is 47.8 Å². The van der Waals surface area contributed by atoms with Crippen molar-refractivity contribution in [2.24, 2.45) is 0 Å². The van der Waals surface area contributed by atoms with Crippen molar-refractivity contribution in [3.05, 3.63) is 0 Å². The third-order valence-electron chi connectivity index (χ3n) is 3.48. The largest absolute Gasteiger partial charge is 0.396 e. The van der Waals surface area contributed by atoms with Crippen LogP contribution >= 0.6 is 0 Å². The Labute approximate surface area is 93.9 Å². The zero-order valence-corrected chi connectivity index (χ0v) is 10.4. The molecular formula is C12H26N2O. The minimum atomic E-state index is 0.284. The second-order valence-electron chi connectivity index (χ2n) is 5.13. The van der Waals surface area contributed by atoms with Crippen molar-refractivity contribution in [3.8, 4) is 0 Å². The molecule has 0 aromatic carbocycles. The summed E-state index contributed by atoms with van der Waals surface area (Å²) in [5.41, 5.74) is 0.350. The normalized spacial score (nSPS) is 23.2. The molecule has 1 atom stereocenters. The van der Waals surface area contributed by atoms with Crippen LogP contribution < -0.4 is 5.32 Å². The Hall–Kier alpha value is -0.120. The van der Waals surface area contributed by atoms with Gasteiger partial charge in [0, 0.05) is 24.7 Å². The molecule has 2 N–H and O–H groups in total. The first-order valence-corrected chi connectivity index (χ1v) is 6.19. The third kappa shape index (κ3) is 3.74. The molecule has 0 aliphatic carbocycles. The summed E-state index contributed by atoms with van der Waals surface area (Å²) in [5, 5.41) is 12.5. The number of aliphatic hydroxyl groups is 1. The summed E-state index contributed by atoms with van der Waals surface area (Å²) in [6.45, 7) is 10.3. The van der Waals surface area contributed by atoms with E-state index >= 15 is 0 Å². The van der Waals surface area contributed by atoms with Gasteiger partial charge in [-0.05, 0) is 46.2 Å². The molecule has 1 rings (SSSR count). The Morgan fingerprint density at radius 1 is 1.47 bits per heavy atom. The summed E-state index contributed by atoms with van der Waals surface area (Å²) in [6.07, 6.45) is 3.47. The summed E-state index contributed by atoms with van der Waals surface area (Å²) in [4.78, 5) is 2.55. The zero-order chi connectivity index (χ0) is 11.3. The second kappa shape index (κ2) is 5.83. The third-order valence-corrected chi connectivity index (χ3v) is 3.48. The van der Waals surface area contributed by atoms with Crippen molar-refractivity contribution in [1.29, 1.82) is 0 Å². The highest BCUT2D eigenvalue weighted by atomic mass is 16.3. The Bertz CT molecular complexity index is 176. The molecule has 0 amide bonds. The molecule has 0 radical (unpaired) electrons. The predicted octanol–water partition coefficient (Wildman–Crippen LogP) is 1.22. The lowest BCUT2D eigenvalue weighted by Crippen LogP contribution is -2.47. The number of rotatable bonds is 6. The smallest absolute Gasteiger partial charge is 0.0446 e. The van der Waals surface area contributed by atoms with Gasteiger partial charge in [0.2, 0.25) is 0 Å². The molecule has 1 heterocycles. The number of aliphatic hydroxyl groups excluding tert-OH is 1. The molecule has 0 saturated carbocycles. The summed E-state index contributed by atoms with van der Waals surface area (Å²) in [7, 11) is 0. The SMILES string of the molecule is CCNC(CCO)CN1CCCC1(C)C. The van der Waals surface area contributed by atoms with E-state index in [9.17, 15) is 0 Å². The lowest BCUT2D eigenvalue weighted by atomic mass is 10.0. The van der Waals surface area contributed by atoms with Crippen LogP contribution in [0.4, 0.5) is 0 Å². The summed E-state index contributed by atoms with van der Waals surface area (Å²) >= 11 is 0. The van der Waals surface area contributed by atoms with Crippen LogP contribution in [0, 0.1) is 0 Å². The van der Waals surface area contributed by atoms with Gasteiger partial charge >= 0.3 is 0 Å². The second-order valence-corrected chi connectivity index (χ2v) is 5.13. The maximum atomic E-state index is 9.01. The van der Waals surface area contributed by atoms with Crippen LogP contribution in [0.15, 0.2) is 0 Å². The van der Waals surface area contributed by atoms with Gasteiger partial charge in [-0.2, -0.15) is 0 Å². The van der Waals surface area contributed by atoms with E-state index in [2.05, 4.69) is 31.0 Å². The number of nitrogens with one attached hydrogen (secondary N) is 1. The highest BCUT2D eigenvalue weighted by Crippen LogP contribution is 2.28. The molecule has 0 spiro atoms. The van der Waals surface area contributed by atoms with E-state index in [-0.39, 0.29) is 6.61 Å². The van der Waals surface area contributed by atoms with E-state index in [0.717, 1.165) is 19.5 Å². The van der Waals surface area contributed by atoms with Crippen LogP contribution in [0.5, 0.6) is 0 Å². The van der Waals surface area contributed by atoms with Crippen molar-refractivity contribution < 1.29 is 5.11 Å². The van der Waals surface area contributed by atoms with Crippen molar-refractivity contribution in [3.63, 3.8) is 0 Å². The average Bonchev–Trinajstić information content (AvgIpc) is 2.47. The molecule has 0 aromatic rings. The average molecular weight is 214 g/mol. The predicted molar refractivity (Wildman–Crippen MR) is 64.1 cm³/mol. The van der Waals surface area contributed by atoms with Crippen molar-refractivity contribution in [2.75, 3.05) is 26.2 Å². The fourth-order valence-electron chi connectivity index (χ4n) is 2.47. The lowest BCUT2D eigenvalue weighted by molar-refractivity contribution is 0.145. The van der Waals surface area contributed by atoms with E-state index in [0.29, 0.717) is 11.6 Å². The Morgan fingerprint density at radius 2 is 2.20 bits per heavy atom. The minimum absolute atomic E-state index is 0.284. The lowest BCUT2D eigenvalue weighted by Gasteiger charge is -2.34. The molecule has 90 valence electrons. The van der Waals surface area contributed by atoms with Crippen LogP contribution in [0.3, 0.4) is 0 Å². The molecule has 1 aliphatic heterocycles. The number of hydrogen-bond donors (Lipinski definition) is 2. The van der Waals surface area contributed by atoms with Gasteiger partial charge < -0.3 is 10.4 Å². The molecule has 15 heavy (non-hydrogen) atoms. The van der Waals surface area contributed by atoms with Gasteiger partial charge in [0.25, 0.3) is 0 Å². The highest BCUT2D eigenvalue weighted by Gasteiger charge is 2.32. The quantitative estimate of drug-likeness (QED) is 0.698. The molecule has 3 nitrogen and oxygen atoms in total. The Kier molecular flexibility index (Phi) is 5.03. The van der Waals surface area contributed by atoms with Crippen LogP contribution in [0.1, 0.15) is 40.0 Å². The summed E-state index contributed by atoms with van der Waals surface area (Å²) in [5.74, 6) is 0. The first kappa shape index (κ1) is 12.9. The van der Waals surface area contributed by atoms with E-state index in [1.807, 2.05) is 0 Å². The van der Waals surface area contributed by atoms with Crippen molar-refractivity contribution in [1.82, 2.24) is 10.2 Å². The number of nitrogens with zero attached hydrogens (tertiary/aromatic N) is 1. The standard InChI is InChI=1S/C12H26N2O/c1-4-13-11(6-9-15)10-14-8-5-7-12(14,2)3/h11,13,15H,4-10H2,1-3H3. The molecule has 1 fully saturated rings. The summed E-state index contributed by atoms with van der Waals surface area (Å²) in [6, 6.07) is 0.442. The van der Waals surface area contributed by atoms with Gasteiger partial charge in [0.05, 0.1) is 0 Å². The van der Waals surface area contributed by atoms with Gasteiger partial charge in [-0.3, -0.25) is 4.90 Å². The molecular weight excluding hydrogens is 188 g/mol. The van der Waals surface area contributed by atoms with E-state index in [1.54, 1.807) is 0 Å². The van der Waals surface area contributed by atoms with Crippen LogP contribution in [0.2, 0.25) is 0 Å². The zero-order valence-electron chi connectivity index (χ0n) is 10.4. The molecule has 3 heteroatoms. The molecule has 0 bridgehead atoms. The highest BCUT2D eigenvalue weighted by molar-refractivity contribution is 4.89. The van der Waals surface area contributed by atoms with Gasteiger partial charge in [0.1, 0.15) is 0 Å². The number of likely N-dealkylation sites (N-methyl/N-ethyl adjacent to an activating group) is 1. The maximum absolute atomic E-state index is 9.01. The van der Waals surface area contributed by atoms with Crippen LogP contribution in [-0.2, 0) is 0 Å². The molecule has 0 aromatic heterocycles. The first-order valence-electron chi connectivity index (χ1n) is 6.19. The van der Waals surface area contributed by atoms with E-state index in [1.165, 1.54) is 19.4 Å². The van der Waals surface area contributed by atoms with Crippen LogP contribution in [0.25, 0.3) is 0 Å². The number of hydrogen-bond acceptors (Lipinski definition) is 3. The fourth-order valence-corrected chi connectivity index (χ4v) is 2.47. The van der Waals surface area contributed by atoms with Gasteiger partial charge in [-0.25, -0.2) is 0 Å². The minimum Gasteiger partial charge on any atom is -0.396 e. The van der Waals surface area contributed by atoms with E-state index < -0.39 is 0 Å². The van der Waals surface area contributed by atoms with E-state index in [4.69, 9.17) is 5.11 Å².